The summed E-state index contributed by atoms with van der Waals surface area (Å²) in [7, 11) is 0. The Morgan fingerprint density at radius 2 is 2.14 bits per heavy atom. The van der Waals surface area contributed by atoms with Gasteiger partial charge in [0.2, 0.25) is 0 Å². The lowest BCUT2D eigenvalue weighted by molar-refractivity contribution is 0.0420. The van der Waals surface area contributed by atoms with Crippen LogP contribution in [-0.2, 0) is 4.74 Å². The zero-order chi connectivity index (χ0) is 16.8. The highest BCUT2D eigenvalue weighted by molar-refractivity contribution is 5.68. The molecule has 1 fully saturated rings. The van der Waals surface area contributed by atoms with Crippen molar-refractivity contribution in [3.63, 3.8) is 0 Å². The third-order valence-corrected chi connectivity index (χ3v) is 3.86. The lowest BCUT2D eigenvalue weighted by Gasteiger charge is -2.38. The smallest absolute Gasteiger partial charge is 0.407 e. The minimum Gasteiger partial charge on any atom is -0.444 e. The van der Waals surface area contributed by atoms with Gasteiger partial charge < -0.3 is 20.9 Å². The number of hydrogen-bond donors (Lipinski definition) is 3. The highest BCUT2D eigenvalue weighted by atomic mass is 16.6. The Morgan fingerprint density at radius 3 is 2.68 bits per heavy atom. The molecule has 6 heteroatoms. The SMILES string of the molecule is CCC(O)CC1CC(NC(=O)OC(C)(C)C)CN(CCN)C1. The minimum absolute atomic E-state index is 0.0456. The number of ether oxygens (including phenoxy) is 1. The van der Waals surface area contributed by atoms with Crippen molar-refractivity contribution in [2.45, 2.75) is 64.7 Å². The molecule has 3 atom stereocenters. The Kier molecular flexibility index (Phi) is 7.59. The molecule has 1 aliphatic heterocycles. The highest BCUT2D eigenvalue weighted by Gasteiger charge is 2.30. The zero-order valence-electron chi connectivity index (χ0n) is 14.5. The van der Waals surface area contributed by atoms with E-state index >= 15 is 0 Å². The van der Waals surface area contributed by atoms with Crippen LogP contribution >= 0.6 is 0 Å². The number of amides is 1. The van der Waals surface area contributed by atoms with Crippen molar-refractivity contribution in [1.29, 1.82) is 0 Å². The third kappa shape index (κ3) is 7.42. The molecule has 0 aliphatic carbocycles. The molecular formula is C16H33N3O3. The third-order valence-electron chi connectivity index (χ3n) is 3.86. The van der Waals surface area contributed by atoms with Crippen LogP contribution in [0.2, 0.25) is 0 Å². The summed E-state index contributed by atoms with van der Waals surface area (Å²) < 4.78 is 5.33. The molecule has 6 nitrogen and oxygen atoms in total. The lowest BCUT2D eigenvalue weighted by Crippen LogP contribution is -2.52. The van der Waals surface area contributed by atoms with E-state index in [2.05, 4.69) is 10.2 Å². The van der Waals surface area contributed by atoms with Gasteiger partial charge in [0.05, 0.1) is 6.10 Å². The molecule has 130 valence electrons. The lowest BCUT2D eigenvalue weighted by atomic mass is 9.89. The summed E-state index contributed by atoms with van der Waals surface area (Å²) in [5, 5.41) is 12.9. The number of alkyl carbamates (subject to hydrolysis) is 1. The summed E-state index contributed by atoms with van der Waals surface area (Å²) in [5.74, 6) is 0.371. The number of aliphatic hydroxyl groups is 1. The van der Waals surface area contributed by atoms with Gasteiger partial charge in [-0.3, -0.25) is 4.90 Å². The van der Waals surface area contributed by atoms with E-state index in [1.165, 1.54) is 0 Å². The predicted octanol–water partition coefficient (Wildman–Crippen LogP) is 1.32. The van der Waals surface area contributed by atoms with Crippen LogP contribution < -0.4 is 11.1 Å². The van der Waals surface area contributed by atoms with E-state index in [9.17, 15) is 9.90 Å². The second-order valence-electron chi connectivity index (χ2n) is 7.29. The average molecular weight is 315 g/mol. The fourth-order valence-electron chi connectivity index (χ4n) is 2.97. The van der Waals surface area contributed by atoms with Crippen molar-refractivity contribution in [2.75, 3.05) is 26.2 Å². The van der Waals surface area contributed by atoms with Crippen LogP contribution in [0.1, 0.15) is 47.0 Å². The summed E-state index contributed by atoms with van der Waals surface area (Å²) in [6.45, 7) is 10.7. The predicted molar refractivity (Wildman–Crippen MR) is 87.7 cm³/mol. The first-order valence-electron chi connectivity index (χ1n) is 8.33. The van der Waals surface area contributed by atoms with Crippen LogP contribution in [0.4, 0.5) is 4.79 Å². The normalized spacial score (nSPS) is 24.8. The summed E-state index contributed by atoms with van der Waals surface area (Å²) in [5.41, 5.74) is 5.17. The Hall–Kier alpha value is -0.850. The molecule has 1 heterocycles. The molecule has 0 aromatic heterocycles. The number of nitrogens with one attached hydrogen (secondary N) is 1. The maximum atomic E-state index is 12.0. The monoisotopic (exact) mass is 315 g/mol. The number of carbonyl (C=O) groups is 1. The maximum Gasteiger partial charge on any atom is 0.407 e. The number of likely N-dealkylation sites (tertiary alicyclic amines) is 1. The number of carbonyl (C=O) groups excluding carboxylic acids is 1. The van der Waals surface area contributed by atoms with Gasteiger partial charge >= 0.3 is 6.09 Å². The number of aliphatic hydroxyl groups excluding tert-OH is 1. The number of piperidine rings is 1. The quantitative estimate of drug-likeness (QED) is 0.688. The van der Waals surface area contributed by atoms with E-state index in [4.69, 9.17) is 10.5 Å². The van der Waals surface area contributed by atoms with Crippen LogP contribution in [0.15, 0.2) is 0 Å². The average Bonchev–Trinajstić information content (AvgIpc) is 2.36. The molecule has 4 N–H and O–H groups in total. The Morgan fingerprint density at radius 1 is 1.45 bits per heavy atom. The van der Waals surface area contributed by atoms with E-state index in [0.29, 0.717) is 12.5 Å². The van der Waals surface area contributed by atoms with Crippen LogP contribution in [-0.4, -0.2) is 60.0 Å². The van der Waals surface area contributed by atoms with Gasteiger partial charge in [-0.15, -0.1) is 0 Å². The van der Waals surface area contributed by atoms with Gasteiger partial charge in [0.15, 0.2) is 0 Å². The molecule has 0 aromatic rings. The van der Waals surface area contributed by atoms with Gasteiger partial charge in [0.25, 0.3) is 0 Å². The summed E-state index contributed by atoms with van der Waals surface area (Å²) in [6, 6.07) is 0.0456. The van der Waals surface area contributed by atoms with Gasteiger partial charge in [-0.1, -0.05) is 6.92 Å². The molecule has 1 aliphatic rings. The molecule has 0 saturated carbocycles. The number of nitrogens with two attached hydrogens (primary N) is 1. The topological polar surface area (TPSA) is 87.8 Å². The van der Waals surface area contributed by atoms with E-state index in [1.54, 1.807) is 0 Å². The first kappa shape index (κ1) is 19.2. The largest absolute Gasteiger partial charge is 0.444 e. The second-order valence-corrected chi connectivity index (χ2v) is 7.29. The summed E-state index contributed by atoms with van der Waals surface area (Å²) in [4.78, 5) is 14.2. The molecule has 1 rings (SSSR count). The minimum atomic E-state index is -0.493. The van der Waals surface area contributed by atoms with Crippen molar-refractivity contribution >= 4 is 6.09 Å². The van der Waals surface area contributed by atoms with Gasteiger partial charge in [-0.2, -0.15) is 0 Å². The molecule has 22 heavy (non-hydrogen) atoms. The van der Waals surface area contributed by atoms with Crippen molar-refractivity contribution in [3.05, 3.63) is 0 Å². The second kappa shape index (κ2) is 8.70. The van der Waals surface area contributed by atoms with Gasteiger partial charge in [-0.05, 0) is 46.0 Å². The van der Waals surface area contributed by atoms with E-state index in [-0.39, 0.29) is 18.2 Å². The number of nitrogens with zero attached hydrogens (tertiary/aromatic N) is 1. The molecule has 1 saturated heterocycles. The van der Waals surface area contributed by atoms with E-state index in [1.807, 2.05) is 27.7 Å². The van der Waals surface area contributed by atoms with Gasteiger partial charge in [0, 0.05) is 32.2 Å². The van der Waals surface area contributed by atoms with Crippen molar-refractivity contribution in [2.24, 2.45) is 11.7 Å². The molecule has 1 amide bonds. The van der Waals surface area contributed by atoms with Crippen LogP contribution in [0.3, 0.4) is 0 Å². The molecule has 0 bridgehead atoms. The first-order valence-corrected chi connectivity index (χ1v) is 8.33. The van der Waals surface area contributed by atoms with Crippen molar-refractivity contribution in [1.82, 2.24) is 10.2 Å². The maximum absolute atomic E-state index is 12.0. The Labute approximate surface area is 134 Å². The summed E-state index contributed by atoms with van der Waals surface area (Å²) >= 11 is 0. The van der Waals surface area contributed by atoms with Crippen LogP contribution in [0, 0.1) is 5.92 Å². The van der Waals surface area contributed by atoms with Crippen molar-refractivity contribution < 1.29 is 14.6 Å². The Balaban J connectivity index is 2.58. The molecule has 3 unspecified atom stereocenters. The zero-order valence-corrected chi connectivity index (χ0v) is 14.5. The standard InChI is InChI=1S/C16H33N3O3/c1-5-14(20)9-12-8-13(11-19(10-12)7-6-17)18-15(21)22-16(2,3)4/h12-14,20H,5-11,17H2,1-4H3,(H,18,21). The molecular weight excluding hydrogens is 282 g/mol. The number of rotatable bonds is 6. The fourth-order valence-corrected chi connectivity index (χ4v) is 2.97. The number of hydrogen-bond acceptors (Lipinski definition) is 5. The van der Waals surface area contributed by atoms with Crippen LogP contribution in [0.25, 0.3) is 0 Å². The van der Waals surface area contributed by atoms with E-state index < -0.39 is 5.60 Å². The molecule has 0 radical (unpaired) electrons. The van der Waals surface area contributed by atoms with Crippen molar-refractivity contribution in [3.8, 4) is 0 Å². The van der Waals surface area contributed by atoms with Crippen LogP contribution in [0.5, 0.6) is 0 Å². The first-order chi connectivity index (χ1) is 10.2. The van der Waals surface area contributed by atoms with E-state index in [0.717, 1.165) is 38.9 Å². The Bertz CT molecular complexity index is 344. The summed E-state index contributed by atoms with van der Waals surface area (Å²) in [6.07, 6.45) is 1.76. The molecule has 0 spiro atoms. The van der Waals surface area contributed by atoms with Gasteiger partial charge in [0.1, 0.15) is 5.60 Å². The molecule has 0 aromatic carbocycles. The fraction of sp³-hybridized carbons (Fsp3) is 0.938. The van der Waals surface area contributed by atoms with Gasteiger partial charge in [-0.25, -0.2) is 4.79 Å². The highest BCUT2D eigenvalue weighted by Crippen LogP contribution is 2.22.